The number of nitrogens with one attached hydrogen (secondary N) is 1. The highest BCUT2D eigenvalue weighted by Crippen LogP contribution is 2.27. The highest BCUT2D eigenvalue weighted by atomic mass is 16.3. The zero-order chi connectivity index (χ0) is 13.8. The lowest BCUT2D eigenvalue weighted by atomic mass is 10.1. The van der Waals surface area contributed by atoms with E-state index in [-0.39, 0.29) is 18.7 Å². The van der Waals surface area contributed by atoms with Crippen LogP contribution in [0.25, 0.3) is 0 Å². The highest BCUT2D eigenvalue weighted by Gasteiger charge is 2.31. The molecule has 5 heteroatoms. The Balaban J connectivity index is 2.10. The molecule has 2 atom stereocenters. The molecule has 1 aliphatic heterocycles. The van der Waals surface area contributed by atoms with Gasteiger partial charge >= 0.3 is 0 Å². The molecule has 106 valence electrons. The van der Waals surface area contributed by atoms with Gasteiger partial charge in [-0.15, -0.1) is 0 Å². The molecule has 1 aromatic carbocycles. The molecule has 5 nitrogen and oxygen atoms in total. The molecular formula is C14H24N4O. The summed E-state index contributed by atoms with van der Waals surface area (Å²) in [4.78, 5) is 2.33. The summed E-state index contributed by atoms with van der Waals surface area (Å²) in [6.45, 7) is 4.55. The molecule has 0 saturated carbocycles. The van der Waals surface area contributed by atoms with Crippen LogP contribution in [-0.4, -0.2) is 43.4 Å². The Hall–Kier alpha value is -1.30. The summed E-state index contributed by atoms with van der Waals surface area (Å²) in [7, 11) is 0. The smallest absolute Gasteiger partial charge is 0.0566 e. The van der Waals surface area contributed by atoms with E-state index in [1.54, 1.807) is 0 Å². The predicted molar refractivity (Wildman–Crippen MR) is 79.3 cm³/mol. The van der Waals surface area contributed by atoms with E-state index in [4.69, 9.17) is 16.6 Å². The quantitative estimate of drug-likeness (QED) is 0.446. The molecule has 0 bridgehead atoms. The molecule has 19 heavy (non-hydrogen) atoms. The minimum Gasteiger partial charge on any atom is -0.399 e. The molecule has 0 aliphatic carbocycles. The number of benzene rings is 1. The fourth-order valence-electron chi connectivity index (χ4n) is 2.63. The van der Waals surface area contributed by atoms with Crippen molar-refractivity contribution in [2.24, 2.45) is 5.73 Å². The summed E-state index contributed by atoms with van der Waals surface area (Å²) >= 11 is 0. The van der Waals surface area contributed by atoms with Crippen LogP contribution in [0.15, 0.2) is 18.2 Å². The molecule has 0 radical (unpaired) electrons. The zero-order valence-corrected chi connectivity index (χ0v) is 11.5. The molecule has 1 fully saturated rings. The van der Waals surface area contributed by atoms with Gasteiger partial charge in [-0.05, 0) is 37.1 Å². The third-order valence-corrected chi connectivity index (χ3v) is 3.82. The fraction of sp³-hybridized carbons (Fsp3) is 0.571. The molecule has 2 rings (SSSR count). The molecule has 2 unspecified atom stereocenters. The van der Waals surface area contributed by atoms with Gasteiger partial charge in [-0.3, -0.25) is 0 Å². The highest BCUT2D eigenvalue weighted by molar-refractivity contribution is 5.59. The Morgan fingerprint density at radius 2 is 2.26 bits per heavy atom. The number of aryl methyl sites for hydroxylation is 1. The third-order valence-electron chi connectivity index (χ3n) is 3.82. The Morgan fingerprint density at radius 1 is 1.47 bits per heavy atom. The first-order chi connectivity index (χ1) is 9.13. The first-order valence-corrected chi connectivity index (χ1v) is 6.83. The maximum Gasteiger partial charge on any atom is 0.0566 e. The van der Waals surface area contributed by atoms with Gasteiger partial charge in [0, 0.05) is 37.1 Å². The molecule has 1 aromatic rings. The summed E-state index contributed by atoms with van der Waals surface area (Å²) in [6.07, 6.45) is 0.995. The first-order valence-electron chi connectivity index (χ1n) is 6.83. The van der Waals surface area contributed by atoms with Crippen molar-refractivity contribution in [1.82, 2.24) is 5.32 Å². The molecule has 0 amide bonds. The first kappa shape index (κ1) is 14.1. The number of nitrogens with zero attached hydrogens (tertiary/aromatic N) is 1. The minimum atomic E-state index is 0.156. The van der Waals surface area contributed by atoms with Gasteiger partial charge < -0.3 is 26.8 Å². The van der Waals surface area contributed by atoms with Crippen LogP contribution in [0.3, 0.4) is 0 Å². The van der Waals surface area contributed by atoms with Crippen molar-refractivity contribution in [3.8, 4) is 0 Å². The van der Waals surface area contributed by atoms with Crippen molar-refractivity contribution in [2.45, 2.75) is 25.4 Å². The monoisotopic (exact) mass is 264 g/mol. The number of aliphatic hydroxyl groups is 1. The van der Waals surface area contributed by atoms with Gasteiger partial charge in [0.2, 0.25) is 0 Å². The van der Waals surface area contributed by atoms with Gasteiger partial charge in [-0.25, -0.2) is 0 Å². The van der Waals surface area contributed by atoms with E-state index in [0.717, 1.165) is 30.8 Å². The summed E-state index contributed by atoms with van der Waals surface area (Å²) < 4.78 is 0. The summed E-state index contributed by atoms with van der Waals surface area (Å²) in [6, 6.07) is 6.57. The van der Waals surface area contributed by atoms with Crippen LogP contribution in [0.5, 0.6) is 0 Å². The fourth-order valence-corrected chi connectivity index (χ4v) is 2.63. The van der Waals surface area contributed by atoms with Crippen molar-refractivity contribution < 1.29 is 5.11 Å². The van der Waals surface area contributed by atoms with E-state index in [9.17, 15) is 0 Å². The molecule has 1 aliphatic rings. The van der Waals surface area contributed by atoms with Crippen molar-refractivity contribution in [3.05, 3.63) is 23.8 Å². The standard InChI is InChI=1S/C14H24N4O/c1-10-8-11(2-3-12(10)15)18-6-4-13(16)14(18)9-17-5-7-19/h2-3,8,13-14,17,19H,4-7,9,15-16H2,1H3. The number of aliphatic hydroxyl groups excluding tert-OH is 1. The van der Waals surface area contributed by atoms with Crippen LogP contribution in [0.4, 0.5) is 11.4 Å². The Kier molecular flexibility index (Phi) is 4.63. The maximum absolute atomic E-state index is 8.83. The van der Waals surface area contributed by atoms with Gasteiger partial charge in [0.15, 0.2) is 0 Å². The van der Waals surface area contributed by atoms with Crippen LogP contribution in [0.1, 0.15) is 12.0 Å². The number of nitrogens with two attached hydrogens (primary N) is 2. The van der Waals surface area contributed by atoms with Gasteiger partial charge in [0.05, 0.1) is 12.6 Å². The summed E-state index contributed by atoms with van der Waals surface area (Å²) in [5.41, 5.74) is 15.1. The number of rotatable bonds is 5. The van der Waals surface area contributed by atoms with Crippen molar-refractivity contribution in [3.63, 3.8) is 0 Å². The Bertz CT molecular complexity index is 424. The van der Waals surface area contributed by atoms with Crippen LogP contribution in [-0.2, 0) is 0 Å². The van der Waals surface area contributed by atoms with Crippen LogP contribution < -0.4 is 21.7 Å². The number of hydrogen-bond acceptors (Lipinski definition) is 5. The van der Waals surface area contributed by atoms with Crippen molar-refractivity contribution in [2.75, 3.05) is 36.9 Å². The Labute approximate surface area is 114 Å². The zero-order valence-electron chi connectivity index (χ0n) is 11.5. The lowest BCUT2D eigenvalue weighted by molar-refractivity contribution is 0.290. The van der Waals surface area contributed by atoms with Gasteiger partial charge in [0.1, 0.15) is 0 Å². The Morgan fingerprint density at radius 3 is 2.95 bits per heavy atom. The third kappa shape index (κ3) is 3.18. The average molecular weight is 264 g/mol. The van der Waals surface area contributed by atoms with Crippen molar-refractivity contribution in [1.29, 1.82) is 0 Å². The second-order valence-electron chi connectivity index (χ2n) is 5.18. The maximum atomic E-state index is 8.83. The SMILES string of the molecule is Cc1cc(N2CCC(N)C2CNCCO)ccc1N. The average Bonchev–Trinajstić information content (AvgIpc) is 2.75. The number of nitrogen functional groups attached to an aromatic ring is 1. The van der Waals surface area contributed by atoms with E-state index in [1.165, 1.54) is 5.69 Å². The van der Waals surface area contributed by atoms with Crippen LogP contribution in [0.2, 0.25) is 0 Å². The lowest BCUT2D eigenvalue weighted by Crippen LogP contribution is -2.47. The van der Waals surface area contributed by atoms with E-state index < -0.39 is 0 Å². The predicted octanol–water partition coefficient (Wildman–Crippen LogP) is 0.0651. The van der Waals surface area contributed by atoms with Gasteiger partial charge in [0.25, 0.3) is 0 Å². The second-order valence-corrected chi connectivity index (χ2v) is 5.18. The van der Waals surface area contributed by atoms with Crippen LogP contribution in [0, 0.1) is 6.92 Å². The van der Waals surface area contributed by atoms with Gasteiger partial charge in [-0.2, -0.15) is 0 Å². The van der Waals surface area contributed by atoms with E-state index in [1.807, 2.05) is 13.0 Å². The number of hydrogen-bond donors (Lipinski definition) is 4. The summed E-state index contributed by atoms with van der Waals surface area (Å²) in [5, 5.41) is 12.1. The minimum absolute atomic E-state index is 0.156. The summed E-state index contributed by atoms with van der Waals surface area (Å²) in [5.74, 6) is 0. The number of anilines is 2. The van der Waals surface area contributed by atoms with Gasteiger partial charge in [-0.1, -0.05) is 0 Å². The molecule has 1 heterocycles. The second kappa shape index (κ2) is 6.23. The van der Waals surface area contributed by atoms with E-state index in [0.29, 0.717) is 6.54 Å². The van der Waals surface area contributed by atoms with E-state index in [2.05, 4.69) is 22.3 Å². The molecule has 1 saturated heterocycles. The largest absolute Gasteiger partial charge is 0.399 e. The molecular weight excluding hydrogens is 240 g/mol. The molecule has 0 spiro atoms. The molecule has 6 N–H and O–H groups in total. The normalized spacial score (nSPS) is 23.0. The molecule has 0 aromatic heterocycles. The topological polar surface area (TPSA) is 87.5 Å². The van der Waals surface area contributed by atoms with Crippen LogP contribution >= 0.6 is 0 Å². The lowest BCUT2D eigenvalue weighted by Gasteiger charge is -2.29. The van der Waals surface area contributed by atoms with Crippen molar-refractivity contribution >= 4 is 11.4 Å². The van der Waals surface area contributed by atoms with E-state index >= 15 is 0 Å².